The van der Waals surface area contributed by atoms with Crippen molar-refractivity contribution in [2.45, 2.75) is 44.7 Å². The summed E-state index contributed by atoms with van der Waals surface area (Å²) in [5.41, 5.74) is 12.4. The lowest BCUT2D eigenvalue weighted by atomic mass is 9.84. The Hall–Kier alpha value is -2.08. The Balaban J connectivity index is 1.92. The second kappa shape index (κ2) is 8.53. The van der Waals surface area contributed by atoms with Gasteiger partial charge in [-0.15, -0.1) is 0 Å². The molecule has 1 fully saturated rings. The smallest absolute Gasteiger partial charge is 0.312 e. The maximum Gasteiger partial charge on any atom is 0.312 e. The number of primary amides is 1. The van der Waals surface area contributed by atoms with Crippen LogP contribution in [0.5, 0.6) is 0 Å². The highest BCUT2D eigenvalue weighted by Crippen LogP contribution is 2.26. The second-order valence-corrected chi connectivity index (χ2v) is 6.13. The molecule has 0 heterocycles. The Morgan fingerprint density at radius 3 is 2.35 bits per heavy atom. The number of amides is 3. The van der Waals surface area contributed by atoms with Crippen molar-refractivity contribution in [1.82, 2.24) is 10.6 Å². The maximum absolute atomic E-state index is 12.4. The molecule has 0 aliphatic heterocycles. The Morgan fingerprint density at radius 2 is 1.78 bits per heavy atom. The molecule has 6 nitrogen and oxygen atoms in total. The lowest BCUT2D eigenvalue weighted by Crippen LogP contribution is -2.45. The van der Waals surface area contributed by atoms with Gasteiger partial charge in [-0.25, -0.2) is 4.79 Å². The summed E-state index contributed by atoms with van der Waals surface area (Å²) in [6.07, 6.45) is 6.00. The van der Waals surface area contributed by atoms with Crippen molar-refractivity contribution >= 4 is 11.9 Å². The number of nitrogens with one attached hydrogen (secondary N) is 2. The molecule has 1 aromatic carbocycles. The van der Waals surface area contributed by atoms with Gasteiger partial charge in [0, 0.05) is 24.7 Å². The van der Waals surface area contributed by atoms with E-state index in [0.29, 0.717) is 24.6 Å². The summed E-state index contributed by atoms with van der Waals surface area (Å²) >= 11 is 0. The molecule has 1 aromatic rings. The minimum Gasteiger partial charge on any atom is -0.352 e. The first-order chi connectivity index (χ1) is 11.1. The average molecular weight is 318 g/mol. The maximum atomic E-state index is 12.4. The molecule has 126 valence electrons. The molecule has 2 rings (SSSR count). The van der Waals surface area contributed by atoms with E-state index in [1.165, 1.54) is 19.3 Å². The quantitative estimate of drug-likeness (QED) is 0.637. The molecule has 1 saturated carbocycles. The predicted molar refractivity (Wildman–Crippen MR) is 89.7 cm³/mol. The molecule has 0 saturated heterocycles. The van der Waals surface area contributed by atoms with Gasteiger partial charge in [-0.2, -0.15) is 0 Å². The lowest BCUT2D eigenvalue weighted by molar-refractivity contribution is 0.0915. The molecule has 23 heavy (non-hydrogen) atoms. The van der Waals surface area contributed by atoms with Gasteiger partial charge < -0.3 is 22.1 Å². The minimum atomic E-state index is -0.565. The summed E-state index contributed by atoms with van der Waals surface area (Å²) in [5.74, 6) is 0.386. The molecular formula is C17H26N4O2. The number of carbonyl (C=O) groups is 2. The largest absolute Gasteiger partial charge is 0.352 e. The molecule has 6 N–H and O–H groups in total. The Morgan fingerprint density at radius 1 is 1.13 bits per heavy atom. The molecule has 1 atom stereocenters. The third kappa shape index (κ3) is 5.25. The Bertz CT molecular complexity index is 524. The standard InChI is InChI=1S/C17H26N4O2/c18-10-15(13-4-2-1-3-5-13)21-16(22)14-8-6-12(7-9-14)11-20-17(19)23/h6-9,13,15H,1-5,10-11,18H2,(H,21,22)(H3,19,20,23). The molecule has 6 heteroatoms. The highest BCUT2D eigenvalue weighted by atomic mass is 16.2. The van der Waals surface area contributed by atoms with Gasteiger partial charge in [0.1, 0.15) is 0 Å². The monoisotopic (exact) mass is 318 g/mol. The van der Waals surface area contributed by atoms with E-state index in [4.69, 9.17) is 11.5 Å². The molecule has 1 aliphatic carbocycles. The lowest BCUT2D eigenvalue weighted by Gasteiger charge is -2.30. The number of nitrogens with two attached hydrogens (primary N) is 2. The van der Waals surface area contributed by atoms with Crippen LogP contribution in [0.1, 0.15) is 48.0 Å². The number of hydrogen-bond donors (Lipinski definition) is 4. The summed E-state index contributed by atoms with van der Waals surface area (Å²) in [7, 11) is 0. The van der Waals surface area contributed by atoms with Crippen molar-refractivity contribution in [2.75, 3.05) is 6.54 Å². The zero-order valence-corrected chi connectivity index (χ0v) is 13.4. The van der Waals surface area contributed by atoms with Crippen molar-refractivity contribution in [3.63, 3.8) is 0 Å². The average Bonchev–Trinajstić information content (AvgIpc) is 2.58. The van der Waals surface area contributed by atoms with Crippen LogP contribution in [-0.2, 0) is 6.54 Å². The molecule has 0 spiro atoms. The number of hydrogen-bond acceptors (Lipinski definition) is 3. The van der Waals surface area contributed by atoms with Crippen molar-refractivity contribution in [2.24, 2.45) is 17.4 Å². The first-order valence-electron chi connectivity index (χ1n) is 8.23. The number of carbonyl (C=O) groups excluding carboxylic acids is 2. The van der Waals surface area contributed by atoms with Crippen LogP contribution in [0.3, 0.4) is 0 Å². The zero-order valence-electron chi connectivity index (χ0n) is 13.4. The number of urea groups is 1. The van der Waals surface area contributed by atoms with Crippen LogP contribution in [0.4, 0.5) is 4.79 Å². The Kier molecular flexibility index (Phi) is 6.40. The topological polar surface area (TPSA) is 110 Å². The second-order valence-electron chi connectivity index (χ2n) is 6.13. The van der Waals surface area contributed by atoms with Crippen LogP contribution in [0.25, 0.3) is 0 Å². The summed E-state index contributed by atoms with van der Waals surface area (Å²) in [6, 6.07) is 6.60. The molecule has 1 unspecified atom stereocenters. The van der Waals surface area contributed by atoms with E-state index < -0.39 is 6.03 Å². The van der Waals surface area contributed by atoms with Gasteiger partial charge in [-0.05, 0) is 36.5 Å². The van der Waals surface area contributed by atoms with Crippen LogP contribution in [0.15, 0.2) is 24.3 Å². The Labute approximate surface area is 137 Å². The van der Waals surface area contributed by atoms with E-state index in [0.717, 1.165) is 18.4 Å². The number of rotatable bonds is 6. The van der Waals surface area contributed by atoms with Crippen molar-refractivity contribution in [3.05, 3.63) is 35.4 Å². The minimum absolute atomic E-state index is 0.0407. The van der Waals surface area contributed by atoms with Crippen molar-refractivity contribution in [1.29, 1.82) is 0 Å². The van der Waals surface area contributed by atoms with Crippen LogP contribution >= 0.6 is 0 Å². The van der Waals surface area contributed by atoms with E-state index in [-0.39, 0.29) is 11.9 Å². The summed E-state index contributed by atoms with van der Waals surface area (Å²) < 4.78 is 0. The van der Waals surface area contributed by atoms with E-state index in [1.807, 2.05) is 12.1 Å². The first-order valence-corrected chi connectivity index (χ1v) is 8.23. The zero-order chi connectivity index (χ0) is 16.7. The van der Waals surface area contributed by atoms with E-state index in [2.05, 4.69) is 10.6 Å². The molecule has 0 bridgehead atoms. The van der Waals surface area contributed by atoms with Crippen LogP contribution in [0.2, 0.25) is 0 Å². The molecule has 0 aromatic heterocycles. The predicted octanol–water partition coefficient (Wildman–Crippen LogP) is 1.49. The van der Waals surface area contributed by atoms with Crippen molar-refractivity contribution < 1.29 is 9.59 Å². The van der Waals surface area contributed by atoms with Gasteiger partial charge in [-0.3, -0.25) is 4.79 Å². The van der Waals surface area contributed by atoms with E-state index in [9.17, 15) is 9.59 Å². The molecular weight excluding hydrogens is 292 g/mol. The van der Waals surface area contributed by atoms with E-state index in [1.54, 1.807) is 12.1 Å². The molecule has 0 radical (unpaired) electrons. The fraction of sp³-hybridized carbons (Fsp3) is 0.529. The van der Waals surface area contributed by atoms with Gasteiger partial charge in [0.25, 0.3) is 5.91 Å². The SMILES string of the molecule is NCC(NC(=O)c1ccc(CNC(N)=O)cc1)C1CCCCC1. The van der Waals surface area contributed by atoms with Gasteiger partial charge in [0.2, 0.25) is 0 Å². The third-order valence-corrected chi connectivity index (χ3v) is 4.47. The van der Waals surface area contributed by atoms with Crippen molar-refractivity contribution in [3.8, 4) is 0 Å². The first kappa shape index (κ1) is 17.3. The highest BCUT2D eigenvalue weighted by molar-refractivity contribution is 5.94. The van der Waals surface area contributed by atoms with Crippen LogP contribution < -0.4 is 22.1 Å². The summed E-state index contributed by atoms with van der Waals surface area (Å²) in [4.78, 5) is 23.1. The fourth-order valence-electron chi connectivity index (χ4n) is 3.12. The van der Waals surface area contributed by atoms with Crippen LogP contribution in [0, 0.1) is 5.92 Å². The molecule has 1 aliphatic rings. The van der Waals surface area contributed by atoms with E-state index >= 15 is 0 Å². The van der Waals surface area contributed by atoms with Gasteiger partial charge in [0.15, 0.2) is 0 Å². The number of benzene rings is 1. The summed E-state index contributed by atoms with van der Waals surface area (Å²) in [6.45, 7) is 0.821. The third-order valence-electron chi connectivity index (χ3n) is 4.47. The fourth-order valence-corrected chi connectivity index (χ4v) is 3.12. The van der Waals surface area contributed by atoms with Crippen LogP contribution in [-0.4, -0.2) is 24.5 Å². The van der Waals surface area contributed by atoms with Gasteiger partial charge >= 0.3 is 6.03 Å². The highest BCUT2D eigenvalue weighted by Gasteiger charge is 2.24. The van der Waals surface area contributed by atoms with Gasteiger partial charge in [-0.1, -0.05) is 31.4 Å². The summed E-state index contributed by atoms with van der Waals surface area (Å²) in [5, 5.41) is 5.59. The van der Waals surface area contributed by atoms with Gasteiger partial charge in [0.05, 0.1) is 0 Å². The molecule has 3 amide bonds. The normalized spacial score (nSPS) is 16.6.